The quantitative estimate of drug-likeness (QED) is 0.637. The summed E-state index contributed by atoms with van der Waals surface area (Å²) in [5.41, 5.74) is -0.230. The fourth-order valence-electron chi connectivity index (χ4n) is 1.47. The van der Waals surface area contributed by atoms with Crippen LogP contribution in [0.1, 0.15) is 23.2 Å². The smallest absolute Gasteiger partial charge is 0.254 e. The highest BCUT2D eigenvalue weighted by molar-refractivity contribution is 5.94. The predicted octanol–water partition coefficient (Wildman–Crippen LogP) is 1.49. The number of carbonyl (C=O) groups is 2. The van der Waals surface area contributed by atoms with Gasteiger partial charge in [0.1, 0.15) is 11.6 Å². The average Bonchev–Trinajstić information content (AvgIpc) is 2.42. The molecule has 0 aliphatic carbocycles. The molecule has 0 saturated heterocycles. The van der Waals surface area contributed by atoms with Crippen molar-refractivity contribution in [3.05, 3.63) is 35.4 Å². The first-order valence-corrected chi connectivity index (χ1v) is 5.99. The van der Waals surface area contributed by atoms with Gasteiger partial charge in [0, 0.05) is 26.1 Å². The Morgan fingerprint density at radius 1 is 1.35 bits per heavy atom. The van der Waals surface area contributed by atoms with E-state index in [1.54, 1.807) is 0 Å². The SMILES string of the molecule is CON(C)C(=O)CCCNC(=O)c1ccc(F)cc1F. The zero-order valence-electron chi connectivity index (χ0n) is 11.3. The molecule has 0 atom stereocenters. The zero-order valence-corrected chi connectivity index (χ0v) is 11.3. The number of benzene rings is 1. The molecule has 0 saturated carbocycles. The molecule has 1 aromatic rings. The average molecular weight is 286 g/mol. The number of rotatable bonds is 6. The first-order chi connectivity index (χ1) is 9.45. The van der Waals surface area contributed by atoms with Gasteiger partial charge < -0.3 is 5.32 Å². The summed E-state index contributed by atoms with van der Waals surface area (Å²) >= 11 is 0. The van der Waals surface area contributed by atoms with Crippen molar-refractivity contribution >= 4 is 11.8 Å². The number of hydroxylamine groups is 2. The highest BCUT2D eigenvalue weighted by atomic mass is 19.1. The van der Waals surface area contributed by atoms with Crippen LogP contribution < -0.4 is 5.32 Å². The molecule has 1 rings (SSSR count). The number of nitrogens with one attached hydrogen (secondary N) is 1. The van der Waals surface area contributed by atoms with Gasteiger partial charge in [0.15, 0.2) is 0 Å². The monoisotopic (exact) mass is 286 g/mol. The van der Waals surface area contributed by atoms with Crippen molar-refractivity contribution < 1.29 is 23.2 Å². The maximum Gasteiger partial charge on any atom is 0.254 e. The molecule has 0 aromatic heterocycles. The minimum atomic E-state index is -0.919. The number of halogens is 2. The van der Waals surface area contributed by atoms with Gasteiger partial charge in [0.25, 0.3) is 5.91 Å². The van der Waals surface area contributed by atoms with E-state index in [4.69, 9.17) is 4.84 Å². The summed E-state index contributed by atoms with van der Waals surface area (Å²) in [5.74, 6) is -2.53. The Labute approximate surface area is 115 Å². The molecule has 0 unspecified atom stereocenters. The molecule has 0 aliphatic rings. The number of carbonyl (C=O) groups excluding carboxylic acids is 2. The van der Waals surface area contributed by atoms with Crippen LogP contribution in [0, 0.1) is 11.6 Å². The van der Waals surface area contributed by atoms with E-state index >= 15 is 0 Å². The minimum Gasteiger partial charge on any atom is -0.352 e. The molecule has 110 valence electrons. The van der Waals surface area contributed by atoms with Crippen LogP contribution in [-0.4, -0.2) is 37.6 Å². The van der Waals surface area contributed by atoms with Crippen LogP contribution in [0.25, 0.3) is 0 Å². The zero-order chi connectivity index (χ0) is 15.1. The number of hydrogen-bond acceptors (Lipinski definition) is 3. The van der Waals surface area contributed by atoms with Crippen molar-refractivity contribution in [2.45, 2.75) is 12.8 Å². The van der Waals surface area contributed by atoms with E-state index in [0.29, 0.717) is 12.5 Å². The lowest BCUT2D eigenvalue weighted by Crippen LogP contribution is -2.28. The van der Waals surface area contributed by atoms with Crippen LogP contribution in [0.15, 0.2) is 18.2 Å². The second-order valence-electron chi connectivity index (χ2n) is 4.06. The Hall–Kier alpha value is -2.02. The van der Waals surface area contributed by atoms with Crippen LogP contribution >= 0.6 is 0 Å². The van der Waals surface area contributed by atoms with Gasteiger partial charge in [0.05, 0.1) is 12.7 Å². The normalized spacial score (nSPS) is 10.2. The van der Waals surface area contributed by atoms with Gasteiger partial charge in [-0.25, -0.2) is 13.8 Å². The van der Waals surface area contributed by atoms with Crippen LogP contribution in [0.4, 0.5) is 8.78 Å². The van der Waals surface area contributed by atoms with Gasteiger partial charge in [-0.05, 0) is 18.6 Å². The summed E-state index contributed by atoms with van der Waals surface area (Å²) in [4.78, 5) is 27.7. The number of amides is 2. The lowest BCUT2D eigenvalue weighted by atomic mass is 10.2. The Bertz CT molecular complexity index is 495. The minimum absolute atomic E-state index is 0.191. The van der Waals surface area contributed by atoms with E-state index in [1.165, 1.54) is 14.2 Å². The molecular weight excluding hydrogens is 270 g/mol. The van der Waals surface area contributed by atoms with Crippen LogP contribution in [0.2, 0.25) is 0 Å². The van der Waals surface area contributed by atoms with Gasteiger partial charge in [0.2, 0.25) is 5.91 Å². The van der Waals surface area contributed by atoms with E-state index in [2.05, 4.69) is 5.32 Å². The molecule has 1 N–H and O–H groups in total. The molecule has 5 nitrogen and oxygen atoms in total. The lowest BCUT2D eigenvalue weighted by molar-refractivity contribution is -0.168. The second kappa shape index (κ2) is 7.54. The topological polar surface area (TPSA) is 58.6 Å². The summed E-state index contributed by atoms with van der Waals surface area (Å²) in [6, 6.07) is 2.73. The van der Waals surface area contributed by atoms with Gasteiger partial charge in [-0.15, -0.1) is 0 Å². The van der Waals surface area contributed by atoms with E-state index in [-0.39, 0.29) is 24.4 Å². The Morgan fingerprint density at radius 2 is 2.05 bits per heavy atom. The van der Waals surface area contributed by atoms with Crippen LogP contribution in [0.3, 0.4) is 0 Å². The molecule has 0 spiro atoms. The van der Waals surface area contributed by atoms with Crippen molar-refractivity contribution in [3.63, 3.8) is 0 Å². The van der Waals surface area contributed by atoms with Crippen LogP contribution in [-0.2, 0) is 9.63 Å². The number of hydrogen-bond donors (Lipinski definition) is 1. The van der Waals surface area contributed by atoms with Gasteiger partial charge in [-0.3, -0.25) is 14.4 Å². The molecule has 0 heterocycles. The summed E-state index contributed by atoms with van der Waals surface area (Å²) < 4.78 is 26.0. The molecular formula is C13H16F2N2O3. The lowest BCUT2D eigenvalue weighted by Gasteiger charge is -2.13. The summed E-state index contributed by atoms with van der Waals surface area (Å²) in [6.45, 7) is 0.207. The standard InChI is InChI=1S/C13H16F2N2O3/c1-17(20-2)12(18)4-3-7-16-13(19)10-6-5-9(14)8-11(10)15/h5-6,8H,3-4,7H2,1-2H3,(H,16,19). The summed E-state index contributed by atoms with van der Waals surface area (Å²) in [6.07, 6.45) is 0.581. The molecule has 0 aliphatic heterocycles. The number of nitrogens with zero attached hydrogens (tertiary/aromatic N) is 1. The fraction of sp³-hybridized carbons (Fsp3) is 0.385. The third-order valence-electron chi connectivity index (χ3n) is 2.65. The van der Waals surface area contributed by atoms with Crippen molar-refractivity contribution in [1.82, 2.24) is 10.4 Å². The van der Waals surface area contributed by atoms with Crippen molar-refractivity contribution in [2.24, 2.45) is 0 Å². The molecule has 2 amide bonds. The fourth-order valence-corrected chi connectivity index (χ4v) is 1.47. The van der Waals surface area contributed by atoms with E-state index < -0.39 is 17.5 Å². The third kappa shape index (κ3) is 4.58. The second-order valence-corrected chi connectivity index (χ2v) is 4.06. The highest BCUT2D eigenvalue weighted by Gasteiger charge is 2.12. The first kappa shape index (κ1) is 16.0. The Morgan fingerprint density at radius 3 is 2.65 bits per heavy atom. The van der Waals surface area contributed by atoms with Gasteiger partial charge in [-0.2, -0.15) is 0 Å². The Balaban J connectivity index is 2.39. The first-order valence-electron chi connectivity index (χ1n) is 5.99. The maximum atomic E-state index is 13.3. The largest absolute Gasteiger partial charge is 0.352 e. The highest BCUT2D eigenvalue weighted by Crippen LogP contribution is 2.09. The third-order valence-corrected chi connectivity index (χ3v) is 2.65. The molecule has 0 radical (unpaired) electrons. The molecule has 20 heavy (non-hydrogen) atoms. The molecule has 1 aromatic carbocycles. The van der Waals surface area contributed by atoms with Gasteiger partial charge in [-0.1, -0.05) is 0 Å². The van der Waals surface area contributed by atoms with E-state index in [9.17, 15) is 18.4 Å². The van der Waals surface area contributed by atoms with Crippen molar-refractivity contribution in [1.29, 1.82) is 0 Å². The van der Waals surface area contributed by atoms with Crippen LogP contribution in [0.5, 0.6) is 0 Å². The van der Waals surface area contributed by atoms with E-state index in [0.717, 1.165) is 17.2 Å². The summed E-state index contributed by atoms with van der Waals surface area (Å²) in [5, 5.41) is 3.54. The van der Waals surface area contributed by atoms with Gasteiger partial charge >= 0.3 is 0 Å². The predicted molar refractivity (Wildman–Crippen MR) is 67.7 cm³/mol. The molecule has 7 heteroatoms. The van der Waals surface area contributed by atoms with Crippen molar-refractivity contribution in [2.75, 3.05) is 20.7 Å². The summed E-state index contributed by atoms with van der Waals surface area (Å²) in [7, 11) is 2.85. The Kier molecular flexibility index (Phi) is 6.05. The molecule has 0 fully saturated rings. The van der Waals surface area contributed by atoms with E-state index in [1.807, 2.05) is 0 Å². The maximum absolute atomic E-state index is 13.3. The molecule has 0 bridgehead atoms. The van der Waals surface area contributed by atoms with Crippen molar-refractivity contribution in [3.8, 4) is 0 Å².